The molecule has 2 rings (SSSR count). The van der Waals surface area contributed by atoms with Crippen molar-refractivity contribution in [1.82, 2.24) is 0 Å². The molecule has 1 aromatic carbocycles. The average Bonchev–Trinajstić information content (AvgIpc) is 2.76. The number of carbonyl (C=O) groups is 1. The van der Waals surface area contributed by atoms with Gasteiger partial charge in [-0.3, -0.25) is 4.79 Å². The lowest BCUT2D eigenvalue weighted by atomic mass is 10.2. The minimum Gasteiger partial charge on any atom is -0.436 e. The summed E-state index contributed by atoms with van der Waals surface area (Å²) in [5, 5.41) is 2.73. The van der Waals surface area contributed by atoms with Crippen LogP contribution in [0.25, 0.3) is 0 Å². The van der Waals surface area contributed by atoms with E-state index in [0.29, 0.717) is 5.69 Å². The van der Waals surface area contributed by atoms with E-state index in [-0.39, 0.29) is 17.6 Å². The molecule has 0 bridgehead atoms. The molecule has 1 aromatic heterocycles. The van der Waals surface area contributed by atoms with Crippen molar-refractivity contribution in [2.45, 2.75) is 0 Å². The van der Waals surface area contributed by atoms with Crippen LogP contribution in [-0.2, 0) is 0 Å². The Labute approximate surface area is 105 Å². The van der Waals surface area contributed by atoms with Crippen molar-refractivity contribution in [3.8, 4) is 0 Å². The summed E-state index contributed by atoms with van der Waals surface area (Å²) in [6.07, 6.45) is 0. The zero-order valence-electron chi connectivity index (χ0n) is 10.3. The predicted molar refractivity (Wildman–Crippen MR) is 71.8 cm³/mol. The highest BCUT2D eigenvalue weighted by Crippen LogP contribution is 2.17. The fourth-order valence-corrected chi connectivity index (χ4v) is 1.51. The molecule has 5 nitrogen and oxygen atoms in total. The third kappa shape index (κ3) is 2.63. The molecule has 0 saturated carbocycles. The summed E-state index contributed by atoms with van der Waals surface area (Å²) in [5.74, 6) is 0.108. The topological polar surface area (TPSA) is 71.5 Å². The molecule has 3 N–H and O–H groups in total. The summed E-state index contributed by atoms with van der Waals surface area (Å²) in [4.78, 5) is 13.8. The highest BCUT2D eigenvalue weighted by Gasteiger charge is 2.10. The second kappa shape index (κ2) is 4.83. The Morgan fingerprint density at radius 2 is 1.83 bits per heavy atom. The number of nitrogen functional groups attached to an aromatic ring is 1. The van der Waals surface area contributed by atoms with E-state index in [1.807, 2.05) is 43.3 Å². The summed E-state index contributed by atoms with van der Waals surface area (Å²) < 4.78 is 5.04. The van der Waals surface area contributed by atoms with Crippen LogP contribution in [-0.4, -0.2) is 20.0 Å². The van der Waals surface area contributed by atoms with Crippen LogP contribution in [0.2, 0.25) is 0 Å². The molecular formula is C13H15N3O2. The average molecular weight is 245 g/mol. The molecule has 0 aliphatic rings. The standard InChI is InChI=1S/C13H15N3O2/c1-16(2)10-5-3-9(4-6-10)15-13(17)11-7-8-12(14)18-11/h3-8H,14H2,1-2H3,(H,15,17). The molecule has 1 heterocycles. The molecule has 0 saturated heterocycles. The van der Waals surface area contributed by atoms with E-state index >= 15 is 0 Å². The first kappa shape index (κ1) is 12.0. The van der Waals surface area contributed by atoms with Crippen LogP contribution >= 0.6 is 0 Å². The van der Waals surface area contributed by atoms with Crippen LogP contribution in [0.1, 0.15) is 10.6 Å². The third-order valence-corrected chi connectivity index (χ3v) is 2.49. The van der Waals surface area contributed by atoms with E-state index in [4.69, 9.17) is 10.2 Å². The number of nitrogens with two attached hydrogens (primary N) is 1. The van der Waals surface area contributed by atoms with Gasteiger partial charge in [-0.15, -0.1) is 0 Å². The summed E-state index contributed by atoms with van der Waals surface area (Å²) in [6, 6.07) is 10.6. The largest absolute Gasteiger partial charge is 0.436 e. The maximum absolute atomic E-state index is 11.8. The van der Waals surface area contributed by atoms with Crippen molar-refractivity contribution in [2.75, 3.05) is 30.0 Å². The van der Waals surface area contributed by atoms with E-state index < -0.39 is 0 Å². The first-order valence-corrected chi connectivity index (χ1v) is 5.50. The normalized spacial score (nSPS) is 10.1. The monoisotopic (exact) mass is 245 g/mol. The minimum absolute atomic E-state index is 0.198. The Balaban J connectivity index is 2.07. The number of amides is 1. The van der Waals surface area contributed by atoms with Gasteiger partial charge in [-0.05, 0) is 30.3 Å². The third-order valence-electron chi connectivity index (χ3n) is 2.49. The van der Waals surface area contributed by atoms with Crippen molar-refractivity contribution >= 4 is 23.2 Å². The number of anilines is 3. The highest BCUT2D eigenvalue weighted by atomic mass is 16.4. The van der Waals surface area contributed by atoms with E-state index in [2.05, 4.69) is 5.32 Å². The Morgan fingerprint density at radius 3 is 2.33 bits per heavy atom. The summed E-state index contributed by atoms with van der Waals surface area (Å²) in [7, 11) is 3.92. The van der Waals surface area contributed by atoms with Crippen LogP contribution in [0.15, 0.2) is 40.8 Å². The van der Waals surface area contributed by atoms with E-state index in [1.165, 1.54) is 0 Å². The molecule has 94 valence electrons. The van der Waals surface area contributed by atoms with Gasteiger partial charge in [0.2, 0.25) is 0 Å². The van der Waals surface area contributed by atoms with Crippen LogP contribution in [0.4, 0.5) is 17.3 Å². The van der Waals surface area contributed by atoms with Gasteiger partial charge >= 0.3 is 0 Å². The molecule has 0 aliphatic carbocycles. The molecule has 0 aliphatic heterocycles. The minimum atomic E-state index is -0.315. The van der Waals surface area contributed by atoms with Gasteiger partial charge < -0.3 is 20.4 Å². The van der Waals surface area contributed by atoms with E-state index in [1.54, 1.807) is 12.1 Å². The lowest BCUT2D eigenvalue weighted by Gasteiger charge is -2.12. The summed E-state index contributed by atoms with van der Waals surface area (Å²) in [5.41, 5.74) is 7.18. The Hall–Kier alpha value is -2.43. The number of furan rings is 1. The SMILES string of the molecule is CN(C)c1ccc(NC(=O)c2ccc(N)o2)cc1. The molecule has 0 atom stereocenters. The smallest absolute Gasteiger partial charge is 0.291 e. The van der Waals surface area contributed by atoms with Gasteiger partial charge in [0.25, 0.3) is 5.91 Å². The number of nitrogens with zero attached hydrogens (tertiary/aromatic N) is 1. The molecule has 1 amide bonds. The molecule has 0 unspecified atom stereocenters. The van der Waals surface area contributed by atoms with Gasteiger partial charge in [-0.2, -0.15) is 0 Å². The van der Waals surface area contributed by atoms with Gasteiger partial charge in [0.15, 0.2) is 11.6 Å². The van der Waals surface area contributed by atoms with Crippen molar-refractivity contribution in [1.29, 1.82) is 0 Å². The molecule has 18 heavy (non-hydrogen) atoms. The fourth-order valence-electron chi connectivity index (χ4n) is 1.51. The van der Waals surface area contributed by atoms with E-state index in [0.717, 1.165) is 5.69 Å². The van der Waals surface area contributed by atoms with Crippen LogP contribution < -0.4 is 16.0 Å². The first-order valence-electron chi connectivity index (χ1n) is 5.50. The zero-order valence-corrected chi connectivity index (χ0v) is 10.3. The van der Waals surface area contributed by atoms with Crippen molar-refractivity contribution in [3.05, 3.63) is 42.2 Å². The Morgan fingerprint density at radius 1 is 1.17 bits per heavy atom. The highest BCUT2D eigenvalue weighted by molar-refractivity contribution is 6.02. The van der Waals surface area contributed by atoms with Crippen molar-refractivity contribution in [3.63, 3.8) is 0 Å². The van der Waals surface area contributed by atoms with Gasteiger partial charge in [0.1, 0.15) is 0 Å². The van der Waals surface area contributed by atoms with Crippen molar-refractivity contribution in [2.24, 2.45) is 0 Å². The first-order chi connectivity index (χ1) is 8.56. The molecule has 0 radical (unpaired) electrons. The fraction of sp³-hybridized carbons (Fsp3) is 0.154. The lowest BCUT2D eigenvalue weighted by molar-refractivity contribution is 0.0997. The van der Waals surface area contributed by atoms with Crippen LogP contribution in [0, 0.1) is 0 Å². The number of hydrogen-bond acceptors (Lipinski definition) is 4. The van der Waals surface area contributed by atoms with Crippen LogP contribution in [0.5, 0.6) is 0 Å². The maximum atomic E-state index is 11.8. The molecular weight excluding hydrogens is 230 g/mol. The quantitative estimate of drug-likeness (QED) is 0.869. The van der Waals surface area contributed by atoms with Crippen LogP contribution in [0.3, 0.4) is 0 Å². The molecule has 0 fully saturated rings. The predicted octanol–water partition coefficient (Wildman–Crippen LogP) is 2.18. The zero-order chi connectivity index (χ0) is 13.1. The Kier molecular flexibility index (Phi) is 3.23. The van der Waals surface area contributed by atoms with Gasteiger partial charge in [-0.25, -0.2) is 0 Å². The number of carbonyl (C=O) groups excluding carboxylic acids is 1. The lowest BCUT2D eigenvalue weighted by Crippen LogP contribution is -2.12. The van der Waals surface area contributed by atoms with Crippen molar-refractivity contribution < 1.29 is 9.21 Å². The maximum Gasteiger partial charge on any atom is 0.291 e. The number of benzene rings is 1. The summed E-state index contributed by atoms with van der Waals surface area (Å²) in [6.45, 7) is 0. The molecule has 5 heteroatoms. The molecule has 0 spiro atoms. The second-order valence-electron chi connectivity index (χ2n) is 4.10. The van der Waals surface area contributed by atoms with E-state index in [9.17, 15) is 4.79 Å². The number of nitrogens with one attached hydrogen (secondary N) is 1. The number of hydrogen-bond donors (Lipinski definition) is 2. The van der Waals surface area contributed by atoms with Gasteiger partial charge in [0, 0.05) is 31.5 Å². The number of rotatable bonds is 3. The second-order valence-corrected chi connectivity index (χ2v) is 4.10. The van der Waals surface area contributed by atoms with Gasteiger partial charge in [0.05, 0.1) is 0 Å². The summed E-state index contributed by atoms with van der Waals surface area (Å²) >= 11 is 0. The molecule has 2 aromatic rings. The Bertz CT molecular complexity index is 544. The van der Waals surface area contributed by atoms with Gasteiger partial charge in [-0.1, -0.05) is 0 Å².